The molecular formula is C19H22N4O2. The van der Waals surface area contributed by atoms with Crippen molar-refractivity contribution in [3.63, 3.8) is 0 Å². The Bertz CT molecular complexity index is 804. The van der Waals surface area contributed by atoms with E-state index in [0.29, 0.717) is 25.4 Å². The van der Waals surface area contributed by atoms with E-state index in [9.17, 15) is 9.59 Å². The summed E-state index contributed by atoms with van der Waals surface area (Å²) in [5.41, 5.74) is 1.86. The zero-order valence-electron chi connectivity index (χ0n) is 14.7. The van der Waals surface area contributed by atoms with Crippen molar-refractivity contribution in [2.45, 2.75) is 45.4 Å². The van der Waals surface area contributed by atoms with Gasteiger partial charge in [-0.15, -0.1) is 0 Å². The van der Waals surface area contributed by atoms with E-state index in [4.69, 9.17) is 4.98 Å². The molecule has 0 spiro atoms. The zero-order chi connectivity index (χ0) is 17.6. The third kappa shape index (κ3) is 2.99. The molecule has 25 heavy (non-hydrogen) atoms. The molecule has 130 valence electrons. The largest absolute Gasteiger partial charge is 0.331 e. The van der Waals surface area contributed by atoms with Crippen LogP contribution in [-0.4, -0.2) is 46.3 Å². The summed E-state index contributed by atoms with van der Waals surface area (Å²) >= 11 is 0. The Balaban J connectivity index is 1.58. The molecule has 6 nitrogen and oxygen atoms in total. The minimum absolute atomic E-state index is 0.116. The number of hydrogen-bond donors (Lipinski definition) is 0. The predicted octanol–water partition coefficient (Wildman–Crippen LogP) is 1.42. The molecule has 2 fully saturated rings. The summed E-state index contributed by atoms with van der Waals surface area (Å²) in [6.07, 6.45) is 3.66. The monoisotopic (exact) mass is 338 g/mol. The van der Waals surface area contributed by atoms with Gasteiger partial charge in [0.1, 0.15) is 11.6 Å². The van der Waals surface area contributed by atoms with Gasteiger partial charge >= 0.3 is 0 Å². The number of aryl methyl sites for hydroxylation is 1. The molecule has 3 aliphatic rings. The summed E-state index contributed by atoms with van der Waals surface area (Å²) in [6, 6.07) is 0. The molecule has 1 atom stereocenters. The number of amides is 2. The highest BCUT2D eigenvalue weighted by Crippen LogP contribution is 2.37. The third-order valence-electron chi connectivity index (χ3n) is 5.30. The molecule has 0 bridgehead atoms. The van der Waals surface area contributed by atoms with Crippen LogP contribution in [0.1, 0.15) is 49.2 Å². The van der Waals surface area contributed by atoms with Gasteiger partial charge in [0.25, 0.3) is 5.91 Å². The molecule has 6 heteroatoms. The van der Waals surface area contributed by atoms with Crippen molar-refractivity contribution in [3.05, 3.63) is 17.1 Å². The first-order valence-corrected chi connectivity index (χ1v) is 8.96. The number of anilines is 1. The molecule has 1 saturated carbocycles. The van der Waals surface area contributed by atoms with Crippen molar-refractivity contribution in [2.75, 3.05) is 24.5 Å². The smallest absolute Gasteiger partial charge is 0.298 e. The van der Waals surface area contributed by atoms with E-state index in [1.54, 1.807) is 11.8 Å². The van der Waals surface area contributed by atoms with Crippen LogP contribution in [-0.2, 0) is 16.0 Å². The van der Waals surface area contributed by atoms with Gasteiger partial charge in [-0.1, -0.05) is 5.92 Å². The van der Waals surface area contributed by atoms with Crippen molar-refractivity contribution >= 4 is 17.6 Å². The number of carbonyl (C=O) groups is 2. The normalized spacial score (nSPS) is 22.0. The van der Waals surface area contributed by atoms with Crippen LogP contribution in [0.3, 0.4) is 0 Å². The Morgan fingerprint density at radius 3 is 2.80 bits per heavy atom. The summed E-state index contributed by atoms with van der Waals surface area (Å²) in [6.45, 7) is 5.69. The SMILES string of the molecule is CC#CC(=O)N1CCC(c2nc(C)c3c(n2)N(CC2CC2)C(=O)C3)C1. The van der Waals surface area contributed by atoms with Gasteiger partial charge in [-0.3, -0.25) is 14.5 Å². The predicted molar refractivity (Wildman–Crippen MR) is 92.9 cm³/mol. The Labute approximate surface area is 147 Å². The highest BCUT2D eigenvalue weighted by Gasteiger charge is 2.37. The summed E-state index contributed by atoms with van der Waals surface area (Å²) in [4.78, 5) is 37.4. The van der Waals surface area contributed by atoms with E-state index < -0.39 is 0 Å². The molecule has 0 N–H and O–H groups in total. The van der Waals surface area contributed by atoms with Crippen LogP contribution in [0.15, 0.2) is 0 Å². The third-order valence-corrected chi connectivity index (χ3v) is 5.30. The summed E-state index contributed by atoms with van der Waals surface area (Å²) in [5, 5.41) is 0. The Kier molecular flexibility index (Phi) is 3.95. The number of fused-ring (bicyclic) bond motifs is 1. The van der Waals surface area contributed by atoms with E-state index in [2.05, 4.69) is 16.8 Å². The van der Waals surface area contributed by atoms with E-state index in [-0.39, 0.29) is 17.7 Å². The fourth-order valence-corrected chi connectivity index (χ4v) is 3.67. The molecule has 1 unspecified atom stereocenters. The minimum atomic E-state index is -0.131. The molecule has 2 aliphatic heterocycles. The molecule has 1 aliphatic carbocycles. The van der Waals surface area contributed by atoms with Gasteiger partial charge in [0.05, 0.1) is 6.42 Å². The lowest BCUT2D eigenvalue weighted by atomic mass is 10.1. The van der Waals surface area contributed by atoms with Crippen molar-refractivity contribution in [3.8, 4) is 11.8 Å². The lowest BCUT2D eigenvalue weighted by Gasteiger charge is -2.18. The topological polar surface area (TPSA) is 66.4 Å². The van der Waals surface area contributed by atoms with Gasteiger partial charge in [0.15, 0.2) is 0 Å². The quantitative estimate of drug-likeness (QED) is 0.782. The first-order chi connectivity index (χ1) is 12.1. The second kappa shape index (κ2) is 6.14. The average molecular weight is 338 g/mol. The van der Waals surface area contributed by atoms with Crippen LogP contribution >= 0.6 is 0 Å². The zero-order valence-corrected chi connectivity index (χ0v) is 14.7. The van der Waals surface area contributed by atoms with Gasteiger partial charge in [0.2, 0.25) is 5.91 Å². The van der Waals surface area contributed by atoms with E-state index in [0.717, 1.165) is 35.9 Å². The van der Waals surface area contributed by atoms with Crippen LogP contribution in [0.25, 0.3) is 0 Å². The van der Waals surface area contributed by atoms with Crippen molar-refractivity contribution in [1.29, 1.82) is 0 Å². The standard InChI is InChI=1S/C19H22N4O2/c1-3-4-16(24)22-8-7-14(11-22)18-20-12(2)15-9-17(25)23(19(15)21-18)10-13-5-6-13/h13-14H,5-11H2,1-2H3. The lowest BCUT2D eigenvalue weighted by Crippen LogP contribution is -2.30. The lowest BCUT2D eigenvalue weighted by molar-refractivity contribution is -0.124. The summed E-state index contributed by atoms with van der Waals surface area (Å²) < 4.78 is 0. The highest BCUT2D eigenvalue weighted by atomic mass is 16.2. The number of hydrogen-bond acceptors (Lipinski definition) is 4. The van der Waals surface area contributed by atoms with Gasteiger partial charge in [-0.2, -0.15) is 0 Å². The maximum absolute atomic E-state index is 12.4. The van der Waals surface area contributed by atoms with Crippen LogP contribution in [0.4, 0.5) is 5.82 Å². The molecule has 1 aromatic heterocycles. The van der Waals surface area contributed by atoms with E-state index in [1.807, 2.05) is 11.8 Å². The fraction of sp³-hybridized carbons (Fsp3) is 0.579. The highest BCUT2D eigenvalue weighted by molar-refractivity contribution is 6.00. The van der Waals surface area contributed by atoms with E-state index in [1.165, 1.54) is 12.8 Å². The number of carbonyl (C=O) groups excluding carboxylic acids is 2. The van der Waals surface area contributed by atoms with Crippen molar-refractivity contribution < 1.29 is 9.59 Å². The maximum atomic E-state index is 12.4. The molecule has 3 heterocycles. The Hall–Kier alpha value is -2.42. The van der Waals surface area contributed by atoms with Crippen molar-refractivity contribution in [2.24, 2.45) is 5.92 Å². The molecule has 4 rings (SSSR count). The van der Waals surface area contributed by atoms with Crippen LogP contribution in [0.2, 0.25) is 0 Å². The van der Waals surface area contributed by atoms with Gasteiger partial charge in [-0.05, 0) is 44.9 Å². The first kappa shape index (κ1) is 16.1. The fourth-order valence-electron chi connectivity index (χ4n) is 3.67. The van der Waals surface area contributed by atoms with Crippen LogP contribution in [0, 0.1) is 24.7 Å². The maximum Gasteiger partial charge on any atom is 0.298 e. The number of rotatable bonds is 3. The second-order valence-corrected chi connectivity index (χ2v) is 7.21. The molecule has 0 aromatic carbocycles. The number of likely N-dealkylation sites (tertiary alicyclic amines) is 1. The number of nitrogens with zero attached hydrogens (tertiary/aromatic N) is 4. The van der Waals surface area contributed by atoms with Gasteiger partial charge in [-0.25, -0.2) is 9.97 Å². The van der Waals surface area contributed by atoms with Crippen molar-refractivity contribution in [1.82, 2.24) is 14.9 Å². The van der Waals surface area contributed by atoms with E-state index >= 15 is 0 Å². The molecule has 2 amide bonds. The van der Waals surface area contributed by atoms with Crippen LogP contribution < -0.4 is 4.90 Å². The second-order valence-electron chi connectivity index (χ2n) is 7.21. The van der Waals surface area contributed by atoms with Gasteiger partial charge < -0.3 is 4.90 Å². The Morgan fingerprint density at radius 2 is 2.08 bits per heavy atom. The molecule has 1 aromatic rings. The minimum Gasteiger partial charge on any atom is -0.331 e. The molecular weight excluding hydrogens is 316 g/mol. The average Bonchev–Trinajstić information content (AvgIpc) is 3.15. The summed E-state index contributed by atoms with van der Waals surface area (Å²) in [5.74, 6) is 7.56. The van der Waals surface area contributed by atoms with Crippen LogP contribution in [0.5, 0.6) is 0 Å². The molecule has 1 saturated heterocycles. The summed E-state index contributed by atoms with van der Waals surface area (Å²) in [7, 11) is 0. The first-order valence-electron chi connectivity index (χ1n) is 8.96. The number of aromatic nitrogens is 2. The van der Waals surface area contributed by atoms with Gasteiger partial charge in [0, 0.05) is 36.8 Å². The Morgan fingerprint density at radius 1 is 1.28 bits per heavy atom. The molecule has 0 radical (unpaired) electrons.